The Morgan fingerprint density at radius 2 is 2.06 bits per heavy atom. The first-order valence-electron chi connectivity index (χ1n) is 4.89. The van der Waals surface area contributed by atoms with E-state index >= 15 is 0 Å². The predicted molar refractivity (Wildman–Crippen MR) is 58.3 cm³/mol. The topological polar surface area (TPSA) is 47.3 Å². The highest BCUT2D eigenvalue weighted by atomic mass is 35.5. The largest absolute Gasteiger partial charge is 0.411 e. The van der Waals surface area contributed by atoms with Crippen LogP contribution in [0.2, 0.25) is 5.02 Å². The molecule has 0 amide bonds. The molecule has 102 valence electrons. The second kappa shape index (κ2) is 6.33. The van der Waals surface area contributed by atoms with E-state index in [1.807, 2.05) is 0 Å². The molecule has 1 aromatic rings. The van der Waals surface area contributed by atoms with Crippen molar-refractivity contribution < 1.29 is 22.3 Å². The van der Waals surface area contributed by atoms with Crippen LogP contribution in [0.4, 0.5) is 17.6 Å². The van der Waals surface area contributed by atoms with Gasteiger partial charge in [-0.15, -0.1) is 0 Å². The van der Waals surface area contributed by atoms with Crippen LogP contribution >= 0.6 is 11.6 Å². The van der Waals surface area contributed by atoms with Gasteiger partial charge in [0.25, 0.3) is 0 Å². The number of ether oxygens (including phenoxy) is 1. The molecule has 0 aliphatic heterocycles. The molecule has 18 heavy (non-hydrogen) atoms. The zero-order valence-electron chi connectivity index (χ0n) is 9.10. The number of halogens is 5. The molecule has 0 fully saturated rings. The quantitative estimate of drug-likeness (QED) is 0.497. The molecular weight excluding hydrogens is 276 g/mol. The summed E-state index contributed by atoms with van der Waals surface area (Å²) in [5.74, 6) is 4.48. The van der Waals surface area contributed by atoms with Crippen LogP contribution in [0.1, 0.15) is 11.6 Å². The third-order valence-corrected chi connectivity index (χ3v) is 2.32. The van der Waals surface area contributed by atoms with Crippen molar-refractivity contribution in [3.8, 4) is 0 Å². The van der Waals surface area contributed by atoms with Crippen molar-refractivity contribution in [3.63, 3.8) is 0 Å². The van der Waals surface area contributed by atoms with Gasteiger partial charge in [0.2, 0.25) is 0 Å². The maximum atomic E-state index is 13.5. The standard InChI is InChI=1S/C10H11ClF4N2O/c11-6-1-2-7(8(12)3-6)9(17-16)4-18-5-10(13,14)15/h1-3,9,17H,4-5,16H2. The predicted octanol–water partition coefficient (Wildman–Crippen LogP) is 2.56. The highest BCUT2D eigenvalue weighted by Gasteiger charge is 2.28. The second-order valence-electron chi connectivity index (χ2n) is 3.52. The molecule has 0 heterocycles. The molecule has 0 spiro atoms. The summed E-state index contributed by atoms with van der Waals surface area (Å²) < 4.78 is 53.5. The second-order valence-corrected chi connectivity index (χ2v) is 3.95. The van der Waals surface area contributed by atoms with Crippen LogP contribution in [0, 0.1) is 5.82 Å². The maximum Gasteiger partial charge on any atom is 0.411 e. The minimum atomic E-state index is -4.43. The lowest BCUT2D eigenvalue weighted by atomic mass is 10.1. The van der Waals surface area contributed by atoms with Gasteiger partial charge in [-0.05, 0) is 12.1 Å². The highest BCUT2D eigenvalue weighted by Crippen LogP contribution is 2.22. The Balaban J connectivity index is 2.66. The van der Waals surface area contributed by atoms with Crippen LogP contribution < -0.4 is 11.3 Å². The van der Waals surface area contributed by atoms with E-state index in [4.69, 9.17) is 17.4 Å². The molecule has 0 aromatic heterocycles. The van der Waals surface area contributed by atoms with Crippen LogP contribution in [0.5, 0.6) is 0 Å². The lowest BCUT2D eigenvalue weighted by molar-refractivity contribution is -0.175. The van der Waals surface area contributed by atoms with E-state index in [2.05, 4.69) is 10.2 Å². The van der Waals surface area contributed by atoms with Gasteiger partial charge in [0.1, 0.15) is 12.4 Å². The first-order chi connectivity index (χ1) is 8.33. The van der Waals surface area contributed by atoms with Crippen LogP contribution in [-0.2, 0) is 4.74 Å². The summed E-state index contributed by atoms with van der Waals surface area (Å²) in [4.78, 5) is 0. The fourth-order valence-corrected chi connectivity index (χ4v) is 1.46. The van der Waals surface area contributed by atoms with Crippen molar-refractivity contribution in [2.75, 3.05) is 13.2 Å². The minimum absolute atomic E-state index is 0.0871. The number of nitrogens with two attached hydrogens (primary N) is 1. The summed E-state index contributed by atoms with van der Waals surface area (Å²) in [7, 11) is 0. The molecule has 3 nitrogen and oxygen atoms in total. The van der Waals surface area contributed by atoms with Crippen molar-refractivity contribution >= 4 is 11.6 Å². The molecule has 8 heteroatoms. The maximum absolute atomic E-state index is 13.5. The highest BCUT2D eigenvalue weighted by molar-refractivity contribution is 6.30. The zero-order chi connectivity index (χ0) is 13.8. The molecule has 1 aromatic carbocycles. The molecule has 0 aliphatic rings. The average molecular weight is 287 g/mol. The number of alkyl halides is 3. The number of rotatable bonds is 5. The summed E-state index contributed by atoms with van der Waals surface area (Å²) >= 11 is 5.56. The third kappa shape index (κ3) is 4.77. The van der Waals surface area contributed by atoms with Gasteiger partial charge < -0.3 is 4.74 Å². The SMILES string of the molecule is NNC(COCC(F)(F)F)c1ccc(Cl)cc1F. The monoisotopic (exact) mass is 286 g/mol. The van der Waals surface area contributed by atoms with Gasteiger partial charge >= 0.3 is 6.18 Å². The number of hydrazine groups is 1. The Morgan fingerprint density at radius 3 is 2.56 bits per heavy atom. The lowest BCUT2D eigenvalue weighted by Crippen LogP contribution is -2.33. The summed E-state index contributed by atoms with van der Waals surface area (Å²) in [5, 5.41) is 0.184. The van der Waals surface area contributed by atoms with Crippen molar-refractivity contribution in [1.82, 2.24) is 5.43 Å². The lowest BCUT2D eigenvalue weighted by Gasteiger charge is -2.18. The van der Waals surface area contributed by atoms with Crippen LogP contribution in [0.3, 0.4) is 0 Å². The van der Waals surface area contributed by atoms with Gasteiger partial charge in [0, 0.05) is 10.6 Å². The molecule has 0 bridgehead atoms. The molecule has 1 rings (SSSR count). The fraction of sp³-hybridized carbons (Fsp3) is 0.400. The normalized spacial score (nSPS) is 13.7. The number of benzene rings is 1. The molecule has 0 saturated carbocycles. The van der Waals surface area contributed by atoms with Crippen molar-refractivity contribution in [2.24, 2.45) is 5.84 Å². The Kier molecular flexibility index (Phi) is 5.33. The van der Waals surface area contributed by atoms with E-state index in [0.717, 1.165) is 6.07 Å². The van der Waals surface area contributed by atoms with Gasteiger partial charge in [-0.25, -0.2) is 4.39 Å². The number of hydrogen-bond donors (Lipinski definition) is 2. The molecule has 3 N–H and O–H groups in total. The molecular formula is C10H11ClF4N2O. The van der Waals surface area contributed by atoms with Gasteiger partial charge in [0.05, 0.1) is 12.6 Å². The van der Waals surface area contributed by atoms with E-state index in [1.54, 1.807) is 0 Å². The van der Waals surface area contributed by atoms with Gasteiger partial charge in [-0.3, -0.25) is 11.3 Å². The van der Waals surface area contributed by atoms with E-state index < -0.39 is 31.2 Å². The van der Waals surface area contributed by atoms with Crippen molar-refractivity contribution in [1.29, 1.82) is 0 Å². The van der Waals surface area contributed by atoms with Crippen molar-refractivity contribution in [3.05, 3.63) is 34.6 Å². The molecule has 1 atom stereocenters. The fourth-order valence-electron chi connectivity index (χ4n) is 1.30. The average Bonchev–Trinajstić information content (AvgIpc) is 2.24. The van der Waals surface area contributed by atoms with Gasteiger partial charge in [-0.2, -0.15) is 13.2 Å². The third-order valence-electron chi connectivity index (χ3n) is 2.09. The summed E-state index contributed by atoms with van der Waals surface area (Å²) in [6, 6.07) is 2.91. The Bertz CT molecular complexity index is 400. The van der Waals surface area contributed by atoms with Crippen LogP contribution in [0.15, 0.2) is 18.2 Å². The van der Waals surface area contributed by atoms with E-state index in [1.165, 1.54) is 12.1 Å². The Morgan fingerprint density at radius 1 is 1.39 bits per heavy atom. The summed E-state index contributed by atoms with van der Waals surface area (Å²) in [6.07, 6.45) is -4.43. The number of nitrogens with one attached hydrogen (secondary N) is 1. The van der Waals surface area contributed by atoms with E-state index in [-0.39, 0.29) is 10.6 Å². The summed E-state index contributed by atoms with van der Waals surface area (Å²) in [6.45, 7) is -1.82. The van der Waals surface area contributed by atoms with Crippen LogP contribution in [0.25, 0.3) is 0 Å². The first-order valence-corrected chi connectivity index (χ1v) is 5.27. The van der Waals surface area contributed by atoms with Crippen LogP contribution in [-0.4, -0.2) is 19.4 Å². The smallest absolute Gasteiger partial charge is 0.370 e. The Labute approximate surface area is 106 Å². The van der Waals surface area contributed by atoms with Gasteiger partial charge in [-0.1, -0.05) is 17.7 Å². The molecule has 1 unspecified atom stereocenters. The zero-order valence-corrected chi connectivity index (χ0v) is 9.85. The van der Waals surface area contributed by atoms with Gasteiger partial charge in [0.15, 0.2) is 0 Å². The number of hydrogen-bond acceptors (Lipinski definition) is 3. The van der Waals surface area contributed by atoms with E-state index in [9.17, 15) is 17.6 Å². The first kappa shape index (κ1) is 15.2. The molecule has 0 aliphatic carbocycles. The van der Waals surface area contributed by atoms with E-state index in [0.29, 0.717) is 0 Å². The molecule has 0 radical (unpaired) electrons. The summed E-state index contributed by atoms with van der Waals surface area (Å²) in [5.41, 5.74) is 2.28. The Hall–Kier alpha value is -0.890. The molecule has 0 saturated heterocycles. The van der Waals surface area contributed by atoms with Crippen molar-refractivity contribution in [2.45, 2.75) is 12.2 Å². The minimum Gasteiger partial charge on any atom is -0.370 e.